The van der Waals surface area contributed by atoms with Crippen molar-refractivity contribution in [3.05, 3.63) is 102 Å². The first-order valence-electron chi connectivity index (χ1n) is 10.5. The minimum atomic E-state index is -0.895. The zero-order valence-electron chi connectivity index (χ0n) is 17.3. The number of carbonyl (C=O) groups excluding carboxylic acids is 3. The van der Waals surface area contributed by atoms with Crippen molar-refractivity contribution in [1.82, 2.24) is 9.47 Å². The molecule has 156 valence electrons. The van der Waals surface area contributed by atoms with E-state index in [9.17, 15) is 14.4 Å². The van der Waals surface area contributed by atoms with Crippen molar-refractivity contribution in [1.29, 1.82) is 0 Å². The van der Waals surface area contributed by atoms with Gasteiger partial charge in [-0.15, -0.1) is 0 Å². The van der Waals surface area contributed by atoms with Crippen molar-refractivity contribution in [3.63, 3.8) is 0 Å². The Balaban J connectivity index is 1.52. The van der Waals surface area contributed by atoms with Crippen molar-refractivity contribution in [3.8, 4) is 0 Å². The Labute approximate surface area is 184 Å². The minimum absolute atomic E-state index is 0.261. The van der Waals surface area contributed by atoms with Gasteiger partial charge in [-0.25, -0.2) is 0 Å². The minimum Gasteiger partial charge on any atom is -0.350 e. The maximum Gasteiger partial charge on any atom is 0.262 e. The summed E-state index contributed by atoms with van der Waals surface area (Å²) in [7, 11) is 1.95. The zero-order chi connectivity index (χ0) is 22.0. The van der Waals surface area contributed by atoms with E-state index in [4.69, 9.17) is 0 Å². The molecule has 2 atom stereocenters. The topological polar surface area (TPSA) is 62.6 Å². The Morgan fingerprint density at radius 1 is 0.656 bits per heavy atom. The monoisotopic (exact) mass is 421 g/mol. The predicted molar refractivity (Wildman–Crippen MR) is 120 cm³/mol. The second-order valence-electron chi connectivity index (χ2n) is 8.17. The highest BCUT2D eigenvalue weighted by molar-refractivity contribution is 6.25. The average Bonchev–Trinajstić information content (AvgIpc) is 3.28. The second-order valence-corrected chi connectivity index (χ2v) is 8.17. The quantitative estimate of drug-likeness (QED) is 0.372. The molecule has 2 aliphatic rings. The fourth-order valence-corrected chi connectivity index (χ4v) is 4.98. The molecule has 4 aromatic rings. The van der Waals surface area contributed by atoms with Crippen LogP contribution in [0.4, 0.5) is 5.69 Å². The van der Waals surface area contributed by atoms with Gasteiger partial charge in [0.15, 0.2) is 0 Å². The van der Waals surface area contributed by atoms with Gasteiger partial charge >= 0.3 is 0 Å². The van der Waals surface area contributed by atoms with Gasteiger partial charge in [0.2, 0.25) is 0 Å². The van der Waals surface area contributed by atoms with Crippen LogP contribution in [0.15, 0.2) is 85.1 Å². The maximum absolute atomic E-state index is 13.5. The summed E-state index contributed by atoms with van der Waals surface area (Å²) in [6, 6.07) is 22.7. The van der Waals surface area contributed by atoms with Crippen LogP contribution in [0.2, 0.25) is 0 Å². The number of rotatable bonds is 3. The summed E-state index contributed by atoms with van der Waals surface area (Å²) < 4.78 is 2.01. The molecule has 6 rings (SSSR count). The summed E-state index contributed by atoms with van der Waals surface area (Å²) in [5.41, 5.74) is 3.37. The third-order valence-corrected chi connectivity index (χ3v) is 6.45. The molecule has 0 saturated carbocycles. The van der Waals surface area contributed by atoms with E-state index < -0.39 is 23.9 Å². The number of nitrogens with zero attached hydrogens (tertiary/aromatic N) is 3. The van der Waals surface area contributed by atoms with Crippen molar-refractivity contribution >= 4 is 34.3 Å². The lowest BCUT2D eigenvalue weighted by atomic mass is 9.86. The normalized spacial score (nSPS) is 20.1. The molecule has 3 aromatic carbocycles. The van der Waals surface area contributed by atoms with Gasteiger partial charge in [0.1, 0.15) is 6.04 Å². The molecule has 3 heterocycles. The molecule has 2 unspecified atom stereocenters. The lowest BCUT2D eigenvalue weighted by Crippen LogP contribution is -2.67. The molecule has 0 bridgehead atoms. The third-order valence-electron chi connectivity index (χ3n) is 6.45. The van der Waals surface area contributed by atoms with Crippen LogP contribution in [-0.4, -0.2) is 33.2 Å². The first-order chi connectivity index (χ1) is 15.6. The highest BCUT2D eigenvalue weighted by atomic mass is 16.2. The van der Waals surface area contributed by atoms with Gasteiger partial charge in [0, 0.05) is 35.4 Å². The molecule has 0 aliphatic carbocycles. The Kier molecular flexibility index (Phi) is 3.86. The maximum atomic E-state index is 13.5. The molecule has 6 nitrogen and oxygen atoms in total. The van der Waals surface area contributed by atoms with Crippen molar-refractivity contribution in [2.75, 3.05) is 4.90 Å². The molecule has 0 spiro atoms. The lowest BCUT2D eigenvalue weighted by Gasteiger charge is -2.49. The van der Waals surface area contributed by atoms with E-state index in [0.29, 0.717) is 11.1 Å². The average molecular weight is 421 g/mol. The van der Waals surface area contributed by atoms with Crippen LogP contribution in [-0.2, 0) is 11.8 Å². The highest BCUT2D eigenvalue weighted by Gasteiger charge is 2.57. The summed E-state index contributed by atoms with van der Waals surface area (Å²) >= 11 is 0. The molecule has 32 heavy (non-hydrogen) atoms. The highest BCUT2D eigenvalue weighted by Crippen LogP contribution is 2.46. The van der Waals surface area contributed by atoms with Gasteiger partial charge in [-0.2, -0.15) is 0 Å². The number of para-hydroxylation sites is 2. The van der Waals surface area contributed by atoms with Crippen molar-refractivity contribution in [2.45, 2.75) is 12.1 Å². The SMILES string of the molecule is Cn1cc(C2C(N3C(=O)c4ccccc4C3=O)C(=O)N2c2ccccc2)c2ccccc21. The first kappa shape index (κ1) is 18.6. The van der Waals surface area contributed by atoms with Crippen LogP contribution in [0.25, 0.3) is 10.9 Å². The van der Waals surface area contributed by atoms with E-state index in [1.54, 1.807) is 29.2 Å². The van der Waals surface area contributed by atoms with E-state index in [0.717, 1.165) is 27.1 Å². The third kappa shape index (κ3) is 2.37. The Bertz CT molecular complexity index is 1390. The summed E-state index contributed by atoms with van der Waals surface area (Å²) in [4.78, 5) is 42.7. The Morgan fingerprint density at radius 2 is 1.25 bits per heavy atom. The summed E-state index contributed by atoms with van der Waals surface area (Å²) in [5, 5.41) is 0.995. The van der Waals surface area contributed by atoms with Crippen LogP contribution >= 0.6 is 0 Å². The van der Waals surface area contributed by atoms with E-state index >= 15 is 0 Å². The van der Waals surface area contributed by atoms with E-state index in [1.165, 1.54) is 0 Å². The molecule has 0 N–H and O–H groups in total. The number of benzene rings is 3. The lowest BCUT2D eigenvalue weighted by molar-refractivity contribution is -0.130. The second kappa shape index (κ2) is 6.65. The van der Waals surface area contributed by atoms with Gasteiger partial charge < -0.3 is 9.47 Å². The van der Waals surface area contributed by atoms with Crippen molar-refractivity contribution < 1.29 is 14.4 Å². The molecule has 1 aromatic heterocycles. The Hall–Kier alpha value is -4.19. The van der Waals surface area contributed by atoms with E-state index in [1.807, 2.05) is 72.4 Å². The molecular weight excluding hydrogens is 402 g/mol. The van der Waals surface area contributed by atoms with Crippen LogP contribution < -0.4 is 4.90 Å². The summed E-state index contributed by atoms with van der Waals surface area (Å²) in [5.74, 6) is -1.09. The van der Waals surface area contributed by atoms with Gasteiger partial charge in [-0.1, -0.05) is 48.5 Å². The molecule has 1 fully saturated rings. The largest absolute Gasteiger partial charge is 0.350 e. The predicted octanol–water partition coefficient (Wildman–Crippen LogP) is 3.93. The molecule has 0 radical (unpaired) electrons. The number of amides is 3. The number of aryl methyl sites for hydroxylation is 1. The van der Waals surface area contributed by atoms with Gasteiger partial charge in [-0.05, 0) is 30.3 Å². The summed E-state index contributed by atoms with van der Waals surface area (Å²) in [6.07, 6.45) is 1.99. The van der Waals surface area contributed by atoms with Crippen LogP contribution in [0.5, 0.6) is 0 Å². The molecule has 1 saturated heterocycles. The standard InChI is InChI=1S/C26H19N3O3/c1-27-15-20(17-11-7-8-14-21(17)27)22-23(26(32)28(22)16-9-3-2-4-10-16)29-24(30)18-12-5-6-13-19(18)25(29)31/h2-15,22-23H,1H3. The number of imide groups is 1. The van der Waals surface area contributed by atoms with Gasteiger partial charge in [0.25, 0.3) is 17.7 Å². The number of carbonyl (C=O) groups is 3. The fourth-order valence-electron chi connectivity index (χ4n) is 4.98. The molecule has 2 aliphatic heterocycles. The molecule has 6 heteroatoms. The van der Waals surface area contributed by atoms with Crippen LogP contribution in [0.1, 0.15) is 32.3 Å². The van der Waals surface area contributed by atoms with Gasteiger partial charge in [0.05, 0.1) is 17.2 Å². The van der Waals surface area contributed by atoms with Crippen LogP contribution in [0, 0.1) is 0 Å². The van der Waals surface area contributed by atoms with Gasteiger partial charge in [-0.3, -0.25) is 19.3 Å². The number of fused-ring (bicyclic) bond motifs is 2. The number of anilines is 1. The Morgan fingerprint density at radius 3 is 1.94 bits per heavy atom. The number of β-lactam (4-membered cyclic amide) rings is 1. The summed E-state index contributed by atoms with van der Waals surface area (Å²) in [6.45, 7) is 0. The van der Waals surface area contributed by atoms with E-state index in [-0.39, 0.29) is 5.91 Å². The zero-order valence-corrected chi connectivity index (χ0v) is 17.3. The molecular formula is C26H19N3O3. The van der Waals surface area contributed by atoms with Crippen LogP contribution in [0.3, 0.4) is 0 Å². The number of hydrogen-bond acceptors (Lipinski definition) is 3. The molecule has 3 amide bonds. The van der Waals surface area contributed by atoms with Crippen molar-refractivity contribution in [2.24, 2.45) is 7.05 Å². The number of hydrogen-bond donors (Lipinski definition) is 0. The smallest absolute Gasteiger partial charge is 0.262 e. The number of aromatic nitrogens is 1. The van der Waals surface area contributed by atoms with E-state index in [2.05, 4.69) is 0 Å². The fraction of sp³-hybridized carbons (Fsp3) is 0.115. The first-order valence-corrected chi connectivity index (χ1v) is 10.5.